The van der Waals surface area contributed by atoms with Gasteiger partial charge in [-0.15, -0.1) is 0 Å². The van der Waals surface area contributed by atoms with Crippen LogP contribution in [0.5, 0.6) is 0 Å². The van der Waals surface area contributed by atoms with Crippen LogP contribution >= 0.6 is 23.2 Å². The van der Waals surface area contributed by atoms with Crippen molar-refractivity contribution in [3.63, 3.8) is 0 Å². The van der Waals surface area contributed by atoms with Crippen molar-refractivity contribution in [2.24, 2.45) is 11.5 Å². The normalized spacial score (nSPS) is 12.4. The quantitative estimate of drug-likeness (QED) is 0.910. The van der Waals surface area contributed by atoms with Gasteiger partial charge in [-0.1, -0.05) is 23.2 Å². The Kier molecular flexibility index (Phi) is 4.14. The van der Waals surface area contributed by atoms with Crippen LogP contribution in [0.1, 0.15) is 18.2 Å². The summed E-state index contributed by atoms with van der Waals surface area (Å²) >= 11 is 11.8. The first kappa shape index (κ1) is 13.9. The predicted molar refractivity (Wildman–Crippen MR) is 74.9 cm³/mol. The molecule has 4 N–H and O–H groups in total. The molecule has 0 aliphatic rings. The Hall–Kier alpha value is -1.49. The second-order valence-corrected chi connectivity index (χ2v) is 4.92. The van der Waals surface area contributed by atoms with Gasteiger partial charge in [0.25, 0.3) is 0 Å². The van der Waals surface area contributed by atoms with Crippen molar-refractivity contribution >= 4 is 29.1 Å². The molecule has 0 spiro atoms. The van der Waals surface area contributed by atoms with E-state index in [1.54, 1.807) is 30.3 Å². The van der Waals surface area contributed by atoms with Crippen molar-refractivity contribution in [1.29, 1.82) is 0 Å². The van der Waals surface area contributed by atoms with Crippen molar-refractivity contribution in [2.75, 3.05) is 0 Å². The van der Waals surface area contributed by atoms with Crippen LogP contribution in [-0.2, 0) is 4.79 Å². The largest absolute Gasteiger partial charge is 0.459 e. The molecule has 2 aromatic rings. The number of rotatable bonds is 4. The smallest absolute Gasteiger partial charge is 0.219 e. The number of benzene rings is 1. The van der Waals surface area contributed by atoms with Crippen molar-refractivity contribution in [1.82, 2.24) is 0 Å². The van der Waals surface area contributed by atoms with E-state index in [1.807, 2.05) is 0 Å². The lowest BCUT2D eigenvalue weighted by Gasteiger charge is -2.05. The molecular weight excluding hydrogens is 287 g/mol. The fourth-order valence-corrected chi connectivity index (χ4v) is 1.97. The van der Waals surface area contributed by atoms with Crippen LogP contribution in [-0.4, -0.2) is 5.91 Å². The maximum Gasteiger partial charge on any atom is 0.219 e. The Labute approximate surface area is 120 Å². The third kappa shape index (κ3) is 3.29. The molecule has 0 radical (unpaired) electrons. The summed E-state index contributed by atoms with van der Waals surface area (Å²) in [5, 5.41) is 0.918. The van der Waals surface area contributed by atoms with E-state index in [9.17, 15) is 4.79 Å². The van der Waals surface area contributed by atoms with Gasteiger partial charge in [0.05, 0.1) is 16.1 Å². The molecule has 0 saturated heterocycles. The Morgan fingerprint density at radius 3 is 2.58 bits per heavy atom. The van der Waals surface area contributed by atoms with Crippen molar-refractivity contribution in [2.45, 2.75) is 12.5 Å². The summed E-state index contributed by atoms with van der Waals surface area (Å²) in [5.41, 5.74) is 11.7. The Balaban J connectivity index is 2.25. The SMILES string of the molecule is NC(=O)C[C@H](N)c1ccc(-c2ccc(Cl)c(Cl)c2)o1. The van der Waals surface area contributed by atoms with E-state index in [-0.39, 0.29) is 6.42 Å². The molecule has 0 unspecified atom stereocenters. The van der Waals surface area contributed by atoms with E-state index in [1.165, 1.54) is 0 Å². The zero-order chi connectivity index (χ0) is 14.0. The zero-order valence-corrected chi connectivity index (χ0v) is 11.4. The number of halogens is 2. The highest BCUT2D eigenvalue weighted by molar-refractivity contribution is 6.42. The molecule has 6 heteroatoms. The summed E-state index contributed by atoms with van der Waals surface area (Å²) in [6.45, 7) is 0. The number of hydrogen-bond acceptors (Lipinski definition) is 3. The number of carbonyl (C=O) groups is 1. The molecule has 4 nitrogen and oxygen atoms in total. The van der Waals surface area contributed by atoms with E-state index in [4.69, 9.17) is 39.1 Å². The van der Waals surface area contributed by atoms with E-state index in [0.717, 1.165) is 5.56 Å². The third-order valence-electron chi connectivity index (χ3n) is 2.62. The highest BCUT2D eigenvalue weighted by Gasteiger charge is 2.14. The molecule has 19 heavy (non-hydrogen) atoms. The number of amides is 1. The van der Waals surface area contributed by atoms with Crippen LogP contribution < -0.4 is 11.5 Å². The van der Waals surface area contributed by atoms with E-state index in [0.29, 0.717) is 21.6 Å². The molecule has 1 atom stereocenters. The third-order valence-corrected chi connectivity index (χ3v) is 3.36. The van der Waals surface area contributed by atoms with Crippen LogP contribution in [0.25, 0.3) is 11.3 Å². The van der Waals surface area contributed by atoms with Gasteiger partial charge < -0.3 is 15.9 Å². The van der Waals surface area contributed by atoms with Crippen LogP contribution in [0.4, 0.5) is 0 Å². The summed E-state index contributed by atoms with van der Waals surface area (Å²) in [6.07, 6.45) is 0.0360. The van der Waals surface area contributed by atoms with E-state index in [2.05, 4.69) is 0 Å². The van der Waals surface area contributed by atoms with Gasteiger partial charge in [-0.3, -0.25) is 4.79 Å². The van der Waals surface area contributed by atoms with E-state index < -0.39 is 11.9 Å². The predicted octanol–water partition coefficient (Wildman–Crippen LogP) is 3.13. The second-order valence-electron chi connectivity index (χ2n) is 4.11. The highest BCUT2D eigenvalue weighted by Crippen LogP contribution is 2.30. The average Bonchev–Trinajstić information content (AvgIpc) is 2.81. The molecule has 100 valence electrons. The Morgan fingerprint density at radius 2 is 1.95 bits per heavy atom. The summed E-state index contributed by atoms with van der Waals surface area (Å²) in [5.74, 6) is 0.633. The zero-order valence-electron chi connectivity index (χ0n) is 9.90. The molecule has 0 aliphatic heterocycles. The molecule has 1 amide bonds. The van der Waals surface area contributed by atoms with Crippen molar-refractivity contribution in [3.05, 3.63) is 46.1 Å². The molecule has 0 bridgehead atoms. The summed E-state index contributed by atoms with van der Waals surface area (Å²) < 4.78 is 5.59. The van der Waals surface area contributed by atoms with Crippen LogP contribution in [0.3, 0.4) is 0 Å². The van der Waals surface area contributed by atoms with Crippen LogP contribution in [0, 0.1) is 0 Å². The van der Waals surface area contributed by atoms with Gasteiger partial charge in [0.2, 0.25) is 5.91 Å². The maximum atomic E-state index is 10.8. The molecule has 0 aliphatic carbocycles. The fraction of sp³-hybridized carbons (Fsp3) is 0.154. The van der Waals surface area contributed by atoms with Crippen LogP contribution in [0.2, 0.25) is 10.0 Å². The fourth-order valence-electron chi connectivity index (χ4n) is 1.67. The summed E-state index contributed by atoms with van der Waals surface area (Å²) in [7, 11) is 0. The number of hydrogen-bond donors (Lipinski definition) is 2. The van der Waals surface area contributed by atoms with Gasteiger partial charge in [-0.05, 0) is 30.3 Å². The van der Waals surface area contributed by atoms with Gasteiger partial charge in [0.15, 0.2) is 0 Å². The van der Waals surface area contributed by atoms with Crippen molar-refractivity contribution in [3.8, 4) is 11.3 Å². The minimum absolute atomic E-state index is 0.0360. The van der Waals surface area contributed by atoms with Gasteiger partial charge >= 0.3 is 0 Å². The molecule has 2 rings (SSSR count). The lowest BCUT2D eigenvalue weighted by molar-refractivity contribution is -0.118. The summed E-state index contributed by atoms with van der Waals surface area (Å²) in [6, 6.07) is 8.10. The van der Waals surface area contributed by atoms with Crippen LogP contribution in [0.15, 0.2) is 34.7 Å². The molecule has 0 saturated carbocycles. The average molecular weight is 299 g/mol. The Bertz CT molecular complexity index is 610. The first-order valence-electron chi connectivity index (χ1n) is 5.56. The number of carbonyl (C=O) groups excluding carboxylic acids is 1. The van der Waals surface area contributed by atoms with Gasteiger partial charge in [-0.25, -0.2) is 0 Å². The summed E-state index contributed by atoms with van der Waals surface area (Å²) in [4.78, 5) is 10.8. The maximum absolute atomic E-state index is 10.8. The van der Waals surface area contributed by atoms with Gasteiger partial charge in [0.1, 0.15) is 11.5 Å². The second kappa shape index (κ2) is 5.65. The first-order valence-corrected chi connectivity index (χ1v) is 6.32. The number of furan rings is 1. The molecule has 0 fully saturated rings. The molecule has 1 heterocycles. The minimum Gasteiger partial charge on any atom is -0.459 e. The lowest BCUT2D eigenvalue weighted by Crippen LogP contribution is -2.20. The molecule has 1 aromatic carbocycles. The number of nitrogens with two attached hydrogens (primary N) is 2. The first-order chi connectivity index (χ1) is 8.97. The van der Waals surface area contributed by atoms with Crippen molar-refractivity contribution < 1.29 is 9.21 Å². The monoisotopic (exact) mass is 298 g/mol. The van der Waals surface area contributed by atoms with Gasteiger partial charge in [-0.2, -0.15) is 0 Å². The van der Waals surface area contributed by atoms with Gasteiger partial charge in [0, 0.05) is 12.0 Å². The standard InChI is InChI=1S/C13H12Cl2N2O2/c14-8-2-1-7(5-9(8)15)11-3-4-12(19-11)10(16)6-13(17)18/h1-5,10H,6,16H2,(H2,17,18)/t10-/m0/s1. The topological polar surface area (TPSA) is 82.2 Å². The van der Waals surface area contributed by atoms with E-state index >= 15 is 0 Å². The number of primary amides is 1. The minimum atomic E-state index is -0.547. The Morgan fingerprint density at radius 1 is 1.21 bits per heavy atom. The molecule has 1 aromatic heterocycles. The molecular formula is C13H12Cl2N2O2. The lowest BCUT2D eigenvalue weighted by atomic mass is 10.1. The highest BCUT2D eigenvalue weighted by atomic mass is 35.5.